The molecule has 2 rings (SSSR count). The number of aromatic amines is 1. The zero-order valence-corrected chi connectivity index (χ0v) is 11.4. The van der Waals surface area contributed by atoms with Crippen molar-refractivity contribution in [1.29, 1.82) is 0 Å². The predicted molar refractivity (Wildman–Crippen MR) is 71.2 cm³/mol. The van der Waals surface area contributed by atoms with Crippen molar-refractivity contribution in [2.24, 2.45) is 0 Å². The van der Waals surface area contributed by atoms with Gasteiger partial charge in [-0.1, -0.05) is 15.9 Å². The molecule has 1 N–H and O–H groups in total. The minimum Gasteiger partial charge on any atom is -0.360 e. The summed E-state index contributed by atoms with van der Waals surface area (Å²) in [7, 11) is 0. The molecule has 0 fully saturated rings. The van der Waals surface area contributed by atoms with Gasteiger partial charge in [-0.05, 0) is 44.4 Å². The van der Waals surface area contributed by atoms with E-state index >= 15 is 0 Å². The summed E-state index contributed by atoms with van der Waals surface area (Å²) in [4.78, 5) is 15.3. The lowest BCUT2D eigenvalue weighted by Gasteiger charge is -2.12. The fraction of sp³-hybridized carbons (Fsp3) is 0.308. The van der Waals surface area contributed by atoms with Gasteiger partial charge in [-0.25, -0.2) is 0 Å². The normalized spacial score (nSPS) is 11.1. The first kappa shape index (κ1) is 11.4. The van der Waals surface area contributed by atoms with E-state index < -0.39 is 0 Å². The molecule has 1 aromatic heterocycles. The summed E-state index contributed by atoms with van der Waals surface area (Å²) in [5.74, 6) is 0. The van der Waals surface area contributed by atoms with Crippen LogP contribution in [0.15, 0.2) is 15.5 Å². The summed E-state index contributed by atoms with van der Waals surface area (Å²) < 4.78 is 1.08. The van der Waals surface area contributed by atoms with Crippen LogP contribution >= 0.6 is 15.9 Å². The van der Waals surface area contributed by atoms with Gasteiger partial charge in [0, 0.05) is 21.6 Å². The van der Waals surface area contributed by atoms with Gasteiger partial charge < -0.3 is 4.98 Å². The summed E-state index contributed by atoms with van der Waals surface area (Å²) in [6, 6.07) is 0. The Labute approximate surface area is 103 Å². The maximum absolute atomic E-state index is 12.1. The molecule has 0 bridgehead atoms. The van der Waals surface area contributed by atoms with Crippen LogP contribution in [0.4, 0.5) is 0 Å². The highest BCUT2D eigenvalue weighted by molar-refractivity contribution is 9.10. The molecule has 0 aliphatic carbocycles. The van der Waals surface area contributed by atoms with Gasteiger partial charge >= 0.3 is 0 Å². The minimum absolute atomic E-state index is 0.130. The third-order valence-corrected chi connectivity index (χ3v) is 4.43. The van der Waals surface area contributed by atoms with Crippen LogP contribution in [0.5, 0.6) is 0 Å². The summed E-state index contributed by atoms with van der Waals surface area (Å²) >= 11 is 3.57. The molecule has 0 unspecified atom stereocenters. The Morgan fingerprint density at radius 1 is 1.06 bits per heavy atom. The molecule has 2 nitrogen and oxygen atoms in total. The van der Waals surface area contributed by atoms with Gasteiger partial charge in [-0.15, -0.1) is 0 Å². The largest absolute Gasteiger partial charge is 0.360 e. The maximum atomic E-state index is 12.1. The number of hydrogen-bond donors (Lipinski definition) is 1. The van der Waals surface area contributed by atoms with E-state index in [0.29, 0.717) is 0 Å². The Balaban J connectivity index is 3.15. The van der Waals surface area contributed by atoms with Crippen LogP contribution in [0.3, 0.4) is 0 Å². The Kier molecular flexibility index (Phi) is 2.66. The van der Waals surface area contributed by atoms with Gasteiger partial charge in [0.25, 0.3) is 0 Å². The van der Waals surface area contributed by atoms with Gasteiger partial charge in [0.1, 0.15) is 0 Å². The van der Waals surface area contributed by atoms with Crippen LogP contribution in [0.1, 0.15) is 22.3 Å². The summed E-state index contributed by atoms with van der Waals surface area (Å²) in [6.45, 7) is 7.89. The van der Waals surface area contributed by atoms with E-state index in [1.54, 1.807) is 6.20 Å². The first-order valence-corrected chi connectivity index (χ1v) is 6.01. The van der Waals surface area contributed by atoms with Crippen LogP contribution in [0, 0.1) is 27.7 Å². The molecule has 16 heavy (non-hydrogen) atoms. The lowest BCUT2D eigenvalue weighted by Crippen LogP contribution is -2.10. The van der Waals surface area contributed by atoms with Crippen LogP contribution in [-0.2, 0) is 0 Å². The third kappa shape index (κ3) is 1.42. The Morgan fingerprint density at radius 2 is 1.69 bits per heavy atom. The smallest absolute Gasteiger partial charge is 0.192 e. The van der Waals surface area contributed by atoms with Crippen molar-refractivity contribution in [1.82, 2.24) is 4.98 Å². The standard InChI is InChI=1S/C13H14BrNO/c1-6-5-15-12-9(4)11(14)8(3)7(2)10(12)13(6)16/h5H,1-4H3,(H,15,16). The van der Waals surface area contributed by atoms with Crippen molar-refractivity contribution in [2.75, 3.05) is 0 Å². The molecule has 0 saturated heterocycles. The zero-order chi connectivity index (χ0) is 12.0. The number of rotatable bonds is 0. The predicted octanol–water partition coefficient (Wildman–Crippen LogP) is 3.52. The monoisotopic (exact) mass is 279 g/mol. The molecule has 3 heteroatoms. The molecule has 0 saturated carbocycles. The number of benzene rings is 1. The Morgan fingerprint density at radius 3 is 2.31 bits per heavy atom. The molecule has 0 aliphatic heterocycles. The number of aryl methyl sites for hydroxylation is 3. The Bertz CT molecular complexity index is 641. The van der Waals surface area contributed by atoms with Crippen molar-refractivity contribution in [3.05, 3.63) is 43.1 Å². The fourth-order valence-corrected chi connectivity index (χ4v) is 2.52. The van der Waals surface area contributed by atoms with Crippen molar-refractivity contribution in [2.45, 2.75) is 27.7 Å². The molecule has 1 aromatic carbocycles. The highest BCUT2D eigenvalue weighted by Gasteiger charge is 2.13. The first-order valence-electron chi connectivity index (χ1n) is 5.22. The SMILES string of the molecule is Cc1c(Br)c(C)c2[nH]cc(C)c(=O)c2c1C. The molecular formula is C13H14BrNO. The van der Waals surface area contributed by atoms with E-state index in [0.717, 1.165) is 37.6 Å². The third-order valence-electron chi connectivity index (χ3n) is 3.24. The second-order valence-electron chi connectivity index (χ2n) is 4.24. The number of nitrogens with one attached hydrogen (secondary N) is 1. The lowest BCUT2D eigenvalue weighted by atomic mass is 9.99. The number of fused-ring (bicyclic) bond motifs is 1. The van der Waals surface area contributed by atoms with Gasteiger partial charge in [-0.3, -0.25) is 4.79 Å². The van der Waals surface area contributed by atoms with Gasteiger partial charge in [0.05, 0.1) is 5.52 Å². The van der Waals surface area contributed by atoms with Crippen molar-refractivity contribution < 1.29 is 0 Å². The van der Waals surface area contributed by atoms with Gasteiger partial charge in [0.15, 0.2) is 5.43 Å². The van der Waals surface area contributed by atoms with E-state index in [4.69, 9.17) is 0 Å². The number of H-pyrrole nitrogens is 1. The summed E-state index contributed by atoms with van der Waals surface area (Å²) in [5.41, 5.74) is 5.11. The highest BCUT2D eigenvalue weighted by Crippen LogP contribution is 2.30. The average Bonchev–Trinajstić information content (AvgIpc) is 2.27. The molecule has 2 aromatic rings. The van der Waals surface area contributed by atoms with Crippen LogP contribution in [-0.4, -0.2) is 4.98 Å². The molecule has 0 spiro atoms. The van der Waals surface area contributed by atoms with E-state index in [1.165, 1.54) is 0 Å². The molecule has 0 aliphatic rings. The number of halogens is 1. The van der Waals surface area contributed by atoms with E-state index in [1.807, 2.05) is 27.7 Å². The maximum Gasteiger partial charge on any atom is 0.192 e. The minimum atomic E-state index is 0.130. The zero-order valence-electron chi connectivity index (χ0n) is 9.86. The second kappa shape index (κ2) is 3.74. The quantitative estimate of drug-likeness (QED) is 0.786. The summed E-state index contributed by atoms with van der Waals surface area (Å²) in [6.07, 6.45) is 1.78. The molecule has 84 valence electrons. The molecule has 0 radical (unpaired) electrons. The van der Waals surface area contributed by atoms with Crippen LogP contribution in [0.25, 0.3) is 10.9 Å². The number of hydrogen-bond acceptors (Lipinski definition) is 1. The average molecular weight is 280 g/mol. The van der Waals surface area contributed by atoms with Crippen molar-refractivity contribution in [3.8, 4) is 0 Å². The molecule has 1 heterocycles. The summed E-state index contributed by atoms with van der Waals surface area (Å²) in [5, 5.41) is 0.818. The second-order valence-corrected chi connectivity index (χ2v) is 5.03. The fourth-order valence-electron chi connectivity index (χ4n) is 2.03. The van der Waals surface area contributed by atoms with E-state index in [9.17, 15) is 4.79 Å². The van der Waals surface area contributed by atoms with Crippen molar-refractivity contribution in [3.63, 3.8) is 0 Å². The lowest BCUT2D eigenvalue weighted by molar-refractivity contribution is 1.23. The molecular weight excluding hydrogens is 266 g/mol. The molecule has 0 amide bonds. The van der Waals surface area contributed by atoms with Crippen LogP contribution in [0.2, 0.25) is 0 Å². The molecule has 0 atom stereocenters. The number of pyridine rings is 1. The van der Waals surface area contributed by atoms with E-state index in [-0.39, 0.29) is 5.43 Å². The topological polar surface area (TPSA) is 32.9 Å². The first-order chi connectivity index (χ1) is 7.45. The van der Waals surface area contributed by atoms with Gasteiger partial charge in [-0.2, -0.15) is 0 Å². The van der Waals surface area contributed by atoms with E-state index in [2.05, 4.69) is 20.9 Å². The van der Waals surface area contributed by atoms with Crippen LogP contribution < -0.4 is 5.43 Å². The highest BCUT2D eigenvalue weighted by atomic mass is 79.9. The number of aromatic nitrogens is 1. The Hall–Kier alpha value is -1.09. The van der Waals surface area contributed by atoms with Gasteiger partial charge in [0.2, 0.25) is 0 Å². The van der Waals surface area contributed by atoms with Crippen molar-refractivity contribution >= 4 is 26.8 Å².